The number of carbonyl (C=O) groups is 2. The number of para-hydroxylation sites is 1. The highest BCUT2D eigenvalue weighted by Gasteiger charge is 2.21. The lowest BCUT2D eigenvalue weighted by atomic mass is 10.2. The summed E-state index contributed by atoms with van der Waals surface area (Å²) in [6.07, 6.45) is 0. The topological polar surface area (TPSA) is 92.3 Å². The van der Waals surface area contributed by atoms with Gasteiger partial charge in [0.15, 0.2) is 9.84 Å². The maximum atomic E-state index is 12.0. The van der Waals surface area contributed by atoms with Gasteiger partial charge in [0, 0.05) is 17.3 Å². The van der Waals surface area contributed by atoms with Crippen LogP contribution in [-0.4, -0.2) is 31.7 Å². The third-order valence-electron chi connectivity index (χ3n) is 3.19. The Morgan fingerprint density at radius 1 is 0.880 bits per heavy atom. The van der Waals surface area contributed by atoms with Crippen molar-refractivity contribution in [2.75, 3.05) is 16.8 Å². The quantitative estimate of drug-likeness (QED) is 0.768. The van der Waals surface area contributed by atoms with Crippen LogP contribution >= 0.6 is 11.6 Å². The van der Waals surface area contributed by atoms with Crippen LogP contribution in [0.1, 0.15) is 5.56 Å². The van der Waals surface area contributed by atoms with Gasteiger partial charge in [-0.1, -0.05) is 48.0 Å². The van der Waals surface area contributed by atoms with Crippen molar-refractivity contribution in [2.45, 2.75) is 6.54 Å². The lowest BCUT2D eigenvalue weighted by Crippen LogP contribution is -2.33. The predicted octanol–water partition coefficient (Wildman–Crippen LogP) is 2.01. The van der Waals surface area contributed by atoms with Gasteiger partial charge in [-0.25, -0.2) is 8.42 Å². The first-order valence-corrected chi connectivity index (χ1v) is 9.61. The number of anilines is 1. The van der Waals surface area contributed by atoms with E-state index in [0.29, 0.717) is 16.3 Å². The molecule has 132 valence electrons. The highest BCUT2D eigenvalue weighted by Crippen LogP contribution is 2.14. The van der Waals surface area contributed by atoms with Crippen molar-refractivity contribution < 1.29 is 18.0 Å². The van der Waals surface area contributed by atoms with E-state index in [1.807, 2.05) is 0 Å². The Kier molecular flexibility index (Phi) is 6.55. The number of carbonyl (C=O) groups excluding carboxylic acids is 2. The second kappa shape index (κ2) is 8.64. The first-order chi connectivity index (χ1) is 11.9. The third kappa shape index (κ3) is 6.56. The number of hydrogen-bond acceptors (Lipinski definition) is 4. The fourth-order valence-electron chi connectivity index (χ4n) is 2.06. The molecule has 0 aromatic heterocycles. The number of amides is 2. The first kappa shape index (κ1) is 19.0. The number of halogens is 1. The van der Waals surface area contributed by atoms with Crippen LogP contribution in [0.2, 0.25) is 5.02 Å². The molecular weight excluding hydrogens is 364 g/mol. The van der Waals surface area contributed by atoms with E-state index in [9.17, 15) is 18.0 Å². The van der Waals surface area contributed by atoms with Gasteiger partial charge in [-0.3, -0.25) is 9.59 Å². The maximum absolute atomic E-state index is 12.0. The fourth-order valence-corrected chi connectivity index (χ4v) is 3.33. The molecule has 2 aromatic carbocycles. The SMILES string of the molecule is O=C(CS(=O)(=O)CC(=O)Nc1ccccc1)NCc1ccccc1Cl. The number of hydrogen-bond donors (Lipinski definition) is 2. The summed E-state index contributed by atoms with van der Waals surface area (Å²) >= 11 is 5.96. The van der Waals surface area contributed by atoms with Crippen LogP contribution in [0.25, 0.3) is 0 Å². The standard InChI is InChI=1S/C17H17ClN2O4S/c18-15-9-5-4-6-13(15)10-19-16(21)11-25(23,24)12-17(22)20-14-7-2-1-3-8-14/h1-9H,10-12H2,(H,19,21)(H,20,22). The molecule has 6 nitrogen and oxygen atoms in total. The van der Waals surface area contributed by atoms with Crippen molar-refractivity contribution in [3.8, 4) is 0 Å². The molecule has 0 atom stereocenters. The Balaban J connectivity index is 1.84. The molecule has 0 bridgehead atoms. The third-order valence-corrected chi connectivity index (χ3v) is 4.97. The van der Waals surface area contributed by atoms with Crippen molar-refractivity contribution in [3.05, 3.63) is 65.2 Å². The molecule has 0 fully saturated rings. The van der Waals surface area contributed by atoms with E-state index in [1.54, 1.807) is 54.6 Å². The van der Waals surface area contributed by atoms with Crippen LogP contribution in [0, 0.1) is 0 Å². The molecule has 0 aliphatic rings. The van der Waals surface area contributed by atoms with Gasteiger partial charge in [0.25, 0.3) is 0 Å². The maximum Gasteiger partial charge on any atom is 0.239 e. The molecule has 0 saturated carbocycles. The molecule has 0 heterocycles. The van der Waals surface area contributed by atoms with Crippen LogP contribution in [0.3, 0.4) is 0 Å². The second-order valence-electron chi connectivity index (χ2n) is 5.31. The fraction of sp³-hybridized carbons (Fsp3) is 0.176. The van der Waals surface area contributed by atoms with Gasteiger partial charge in [-0.15, -0.1) is 0 Å². The molecular formula is C17H17ClN2O4S. The Morgan fingerprint density at radius 3 is 2.16 bits per heavy atom. The molecule has 0 saturated heterocycles. The molecule has 2 N–H and O–H groups in total. The predicted molar refractivity (Wildman–Crippen MR) is 97.0 cm³/mol. The van der Waals surface area contributed by atoms with Crippen molar-refractivity contribution >= 4 is 38.9 Å². The number of sulfone groups is 1. The lowest BCUT2D eigenvalue weighted by molar-refractivity contribution is -0.118. The summed E-state index contributed by atoms with van der Waals surface area (Å²) in [5.74, 6) is -2.90. The van der Waals surface area contributed by atoms with Gasteiger partial charge in [-0.2, -0.15) is 0 Å². The molecule has 25 heavy (non-hydrogen) atoms. The Hall–Kier alpha value is -2.38. The van der Waals surface area contributed by atoms with Crippen LogP contribution in [-0.2, 0) is 26.0 Å². The van der Waals surface area contributed by atoms with Gasteiger partial charge in [0.2, 0.25) is 11.8 Å². The number of benzene rings is 2. The van der Waals surface area contributed by atoms with E-state index < -0.39 is 33.2 Å². The van der Waals surface area contributed by atoms with Crippen molar-refractivity contribution in [1.29, 1.82) is 0 Å². The summed E-state index contributed by atoms with van der Waals surface area (Å²) in [5.41, 5.74) is 1.17. The zero-order chi connectivity index (χ0) is 18.3. The monoisotopic (exact) mass is 380 g/mol. The van der Waals surface area contributed by atoms with Gasteiger partial charge < -0.3 is 10.6 Å². The van der Waals surface area contributed by atoms with E-state index in [1.165, 1.54) is 0 Å². The van der Waals surface area contributed by atoms with E-state index in [4.69, 9.17) is 11.6 Å². The molecule has 0 aliphatic heterocycles. The lowest BCUT2D eigenvalue weighted by Gasteiger charge is -2.08. The average Bonchev–Trinajstić information content (AvgIpc) is 2.54. The van der Waals surface area contributed by atoms with Crippen molar-refractivity contribution in [2.24, 2.45) is 0 Å². The summed E-state index contributed by atoms with van der Waals surface area (Å²) < 4.78 is 23.9. The van der Waals surface area contributed by atoms with Gasteiger partial charge >= 0.3 is 0 Å². The van der Waals surface area contributed by atoms with Crippen LogP contribution in [0.15, 0.2) is 54.6 Å². The summed E-state index contributed by atoms with van der Waals surface area (Å²) in [6.45, 7) is 0.115. The molecule has 0 aliphatic carbocycles. The summed E-state index contributed by atoms with van der Waals surface area (Å²) in [4.78, 5) is 23.6. The molecule has 8 heteroatoms. The van der Waals surface area contributed by atoms with Gasteiger partial charge in [0.1, 0.15) is 11.5 Å². The zero-order valence-corrected chi connectivity index (χ0v) is 14.8. The Bertz CT molecular complexity index is 854. The van der Waals surface area contributed by atoms with Crippen LogP contribution in [0.4, 0.5) is 5.69 Å². The Labute approximate surface area is 151 Å². The molecule has 0 unspecified atom stereocenters. The van der Waals surface area contributed by atoms with Crippen molar-refractivity contribution in [3.63, 3.8) is 0 Å². The highest BCUT2D eigenvalue weighted by molar-refractivity contribution is 7.92. The second-order valence-corrected chi connectivity index (χ2v) is 7.79. The first-order valence-electron chi connectivity index (χ1n) is 7.41. The summed E-state index contributed by atoms with van der Waals surface area (Å²) in [6, 6.07) is 15.4. The molecule has 2 rings (SSSR count). The van der Waals surface area contributed by atoms with Crippen LogP contribution in [0.5, 0.6) is 0 Å². The van der Waals surface area contributed by atoms with E-state index in [2.05, 4.69) is 10.6 Å². The largest absolute Gasteiger partial charge is 0.351 e. The molecule has 2 aromatic rings. The summed E-state index contributed by atoms with van der Waals surface area (Å²) in [5, 5.41) is 5.43. The normalized spacial score (nSPS) is 10.9. The number of nitrogens with one attached hydrogen (secondary N) is 2. The molecule has 2 amide bonds. The van der Waals surface area contributed by atoms with Crippen LogP contribution < -0.4 is 10.6 Å². The number of rotatable bonds is 7. The van der Waals surface area contributed by atoms with Gasteiger partial charge in [0.05, 0.1) is 0 Å². The van der Waals surface area contributed by atoms with E-state index >= 15 is 0 Å². The van der Waals surface area contributed by atoms with Crippen molar-refractivity contribution in [1.82, 2.24) is 5.32 Å². The van der Waals surface area contributed by atoms with Gasteiger partial charge in [-0.05, 0) is 23.8 Å². The summed E-state index contributed by atoms with van der Waals surface area (Å²) in [7, 11) is -3.87. The molecule has 0 radical (unpaired) electrons. The molecule has 0 spiro atoms. The smallest absolute Gasteiger partial charge is 0.239 e. The minimum absolute atomic E-state index is 0.115. The zero-order valence-electron chi connectivity index (χ0n) is 13.2. The minimum Gasteiger partial charge on any atom is -0.351 e. The minimum atomic E-state index is -3.87. The van der Waals surface area contributed by atoms with E-state index in [-0.39, 0.29) is 6.54 Å². The van der Waals surface area contributed by atoms with E-state index in [0.717, 1.165) is 0 Å². The average molecular weight is 381 g/mol. The Morgan fingerprint density at radius 2 is 1.48 bits per heavy atom. The highest BCUT2D eigenvalue weighted by atomic mass is 35.5.